The summed E-state index contributed by atoms with van der Waals surface area (Å²) in [7, 11) is 0. The highest BCUT2D eigenvalue weighted by atomic mass is 16.5. The van der Waals surface area contributed by atoms with Gasteiger partial charge in [0.1, 0.15) is 5.75 Å². The molecule has 0 aromatic heterocycles. The van der Waals surface area contributed by atoms with Crippen LogP contribution in [0.25, 0.3) is 0 Å². The van der Waals surface area contributed by atoms with Gasteiger partial charge in [-0.25, -0.2) is 4.79 Å². The number of dihydropyridines is 1. The highest BCUT2D eigenvalue weighted by molar-refractivity contribution is 6.04. The standard InChI is InChI=1S/C30H35NO4/c1-5-16-34-25-14-10-9-13-22(25)27-26(29(33)35-17-15-21-11-7-6-8-12-21)20(2)31-23-18-30(3,4)19-24(32)28(23)27/h6-14,27,31H,5,15-19H2,1-4H3/t27-/m1/s1. The first-order valence-electron chi connectivity index (χ1n) is 12.5. The van der Waals surface area contributed by atoms with Gasteiger partial charge in [0.25, 0.3) is 0 Å². The molecule has 1 heterocycles. The molecule has 1 atom stereocenters. The van der Waals surface area contributed by atoms with Crippen molar-refractivity contribution in [1.29, 1.82) is 0 Å². The molecule has 2 aromatic rings. The molecule has 0 spiro atoms. The first-order valence-corrected chi connectivity index (χ1v) is 12.5. The lowest BCUT2D eigenvalue weighted by molar-refractivity contribution is -0.139. The van der Waals surface area contributed by atoms with Crippen molar-refractivity contribution in [2.24, 2.45) is 5.41 Å². The van der Waals surface area contributed by atoms with Gasteiger partial charge in [-0.15, -0.1) is 0 Å². The molecule has 0 saturated heterocycles. The van der Waals surface area contributed by atoms with Gasteiger partial charge in [-0.05, 0) is 36.8 Å². The topological polar surface area (TPSA) is 64.6 Å². The van der Waals surface area contributed by atoms with Gasteiger partial charge in [-0.1, -0.05) is 69.3 Å². The van der Waals surface area contributed by atoms with E-state index in [0.29, 0.717) is 36.3 Å². The molecule has 2 aromatic carbocycles. The van der Waals surface area contributed by atoms with Crippen LogP contribution in [-0.4, -0.2) is 25.0 Å². The van der Waals surface area contributed by atoms with Crippen molar-refractivity contribution in [1.82, 2.24) is 5.32 Å². The number of carbonyl (C=O) groups excluding carboxylic acids is 2. The number of rotatable bonds is 8. The predicted octanol–water partition coefficient (Wildman–Crippen LogP) is 5.87. The summed E-state index contributed by atoms with van der Waals surface area (Å²) in [4.78, 5) is 27.0. The molecule has 5 nitrogen and oxygen atoms in total. The molecule has 0 amide bonds. The Kier molecular flexibility index (Phi) is 7.44. The van der Waals surface area contributed by atoms with Crippen LogP contribution in [0.4, 0.5) is 0 Å². The highest BCUT2D eigenvalue weighted by Crippen LogP contribution is 2.48. The van der Waals surface area contributed by atoms with Crippen LogP contribution in [0.1, 0.15) is 64.0 Å². The summed E-state index contributed by atoms with van der Waals surface area (Å²) in [6.45, 7) is 9.00. The summed E-state index contributed by atoms with van der Waals surface area (Å²) < 4.78 is 11.8. The third kappa shape index (κ3) is 5.50. The van der Waals surface area contributed by atoms with E-state index in [4.69, 9.17) is 9.47 Å². The zero-order valence-electron chi connectivity index (χ0n) is 21.1. The maximum atomic E-state index is 13.5. The first-order chi connectivity index (χ1) is 16.8. The SMILES string of the molecule is CCCOc1ccccc1[C@@H]1C(C(=O)OCCc2ccccc2)=C(C)NC2=C1C(=O)CC(C)(C)C2. The number of nitrogens with one attached hydrogen (secondary N) is 1. The molecule has 5 heteroatoms. The fourth-order valence-corrected chi connectivity index (χ4v) is 5.06. The lowest BCUT2D eigenvalue weighted by atomic mass is 9.68. The molecular formula is C30H35NO4. The van der Waals surface area contributed by atoms with E-state index in [2.05, 4.69) is 26.1 Å². The number of allylic oxidation sites excluding steroid dienone is 3. The predicted molar refractivity (Wildman–Crippen MR) is 137 cm³/mol. The Morgan fingerprint density at radius 2 is 1.74 bits per heavy atom. The van der Waals surface area contributed by atoms with E-state index >= 15 is 0 Å². The van der Waals surface area contributed by atoms with E-state index in [9.17, 15) is 9.59 Å². The minimum atomic E-state index is -0.521. The third-order valence-corrected chi connectivity index (χ3v) is 6.62. The van der Waals surface area contributed by atoms with Gasteiger partial charge in [0.15, 0.2) is 5.78 Å². The van der Waals surface area contributed by atoms with Crippen LogP contribution in [0, 0.1) is 5.41 Å². The monoisotopic (exact) mass is 473 g/mol. The van der Waals surface area contributed by atoms with Crippen LogP contribution < -0.4 is 10.1 Å². The summed E-state index contributed by atoms with van der Waals surface area (Å²) >= 11 is 0. The summed E-state index contributed by atoms with van der Waals surface area (Å²) in [5, 5.41) is 3.40. The van der Waals surface area contributed by atoms with Crippen molar-refractivity contribution >= 4 is 11.8 Å². The molecule has 1 N–H and O–H groups in total. The Hall–Kier alpha value is -3.34. The number of esters is 1. The number of carbonyl (C=O) groups is 2. The Balaban J connectivity index is 1.71. The average molecular weight is 474 g/mol. The van der Waals surface area contributed by atoms with Crippen molar-refractivity contribution in [2.45, 2.75) is 59.3 Å². The summed E-state index contributed by atoms with van der Waals surface area (Å²) in [6.07, 6.45) is 2.69. The van der Waals surface area contributed by atoms with E-state index in [0.717, 1.165) is 35.4 Å². The van der Waals surface area contributed by atoms with Crippen molar-refractivity contribution in [3.63, 3.8) is 0 Å². The average Bonchev–Trinajstić information content (AvgIpc) is 2.82. The molecule has 0 fully saturated rings. The molecule has 184 valence electrons. The summed E-state index contributed by atoms with van der Waals surface area (Å²) in [6, 6.07) is 17.7. The van der Waals surface area contributed by atoms with Crippen LogP contribution in [0.3, 0.4) is 0 Å². The van der Waals surface area contributed by atoms with E-state index in [1.165, 1.54) is 0 Å². The molecule has 2 aliphatic rings. The van der Waals surface area contributed by atoms with Crippen molar-refractivity contribution < 1.29 is 19.1 Å². The largest absolute Gasteiger partial charge is 0.493 e. The lowest BCUT2D eigenvalue weighted by Gasteiger charge is -2.39. The van der Waals surface area contributed by atoms with Crippen LogP contribution in [0.2, 0.25) is 0 Å². The molecule has 0 unspecified atom stereocenters. The Morgan fingerprint density at radius 1 is 1.03 bits per heavy atom. The number of ether oxygens (including phenoxy) is 2. The van der Waals surface area contributed by atoms with Crippen LogP contribution in [0.5, 0.6) is 5.75 Å². The van der Waals surface area contributed by atoms with Crippen LogP contribution in [-0.2, 0) is 20.7 Å². The van der Waals surface area contributed by atoms with Gasteiger partial charge in [0.2, 0.25) is 0 Å². The fourth-order valence-electron chi connectivity index (χ4n) is 5.06. The van der Waals surface area contributed by atoms with Crippen molar-refractivity contribution in [3.8, 4) is 5.75 Å². The third-order valence-electron chi connectivity index (χ3n) is 6.62. The van der Waals surface area contributed by atoms with Crippen LogP contribution in [0.15, 0.2) is 77.1 Å². The zero-order valence-corrected chi connectivity index (χ0v) is 21.1. The molecular weight excluding hydrogens is 438 g/mol. The Morgan fingerprint density at radius 3 is 2.49 bits per heavy atom. The first kappa shape index (κ1) is 24.8. The molecule has 1 aliphatic carbocycles. The maximum absolute atomic E-state index is 13.5. The van der Waals surface area contributed by atoms with Gasteiger partial charge in [0, 0.05) is 35.4 Å². The minimum Gasteiger partial charge on any atom is -0.493 e. The molecule has 35 heavy (non-hydrogen) atoms. The summed E-state index contributed by atoms with van der Waals surface area (Å²) in [5.41, 5.74) is 4.58. The molecule has 0 radical (unpaired) electrons. The zero-order chi connectivity index (χ0) is 25.0. The Bertz CT molecular complexity index is 1160. The minimum absolute atomic E-state index is 0.0705. The quantitative estimate of drug-likeness (QED) is 0.486. The van der Waals surface area contributed by atoms with E-state index in [1.807, 2.05) is 61.5 Å². The van der Waals surface area contributed by atoms with Crippen LogP contribution >= 0.6 is 0 Å². The molecule has 0 bridgehead atoms. The second-order valence-electron chi connectivity index (χ2n) is 10.2. The second-order valence-corrected chi connectivity index (χ2v) is 10.2. The number of benzene rings is 2. The number of Topliss-reactive ketones (excluding diaryl/α,β-unsaturated/α-hetero) is 1. The van der Waals surface area contributed by atoms with E-state index < -0.39 is 11.9 Å². The second kappa shape index (κ2) is 10.5. The maximum Gasteiger partial charge on any atom is 0.336 e. The van der Waals surface area contributed by atoms with Gasteiger partial charge in [-0.2, -0.15) is 0 Å². The number of hydrogen-bond donors (Lipinski definition) is 1. The van der Waals surface area contributed by atoms with Crippen molar-refractivity contribution in [2.75, 3.05) is 13.2 Å². The lowest BCUT2D eigenvalue weighted by Crippen LogP contribution is -2.38. The number of hydrogen-bond acceptors (Lipinski definition) is 5. The van der Waals surface area contributed by atoms with Gasteiger partial charge in [-0.3, -0.25) is 4.79 Å². The highest BCUT2D eigenvalue weighted by Gasteiger charge is 2.44. The Labute approximate surface area is 208 Å². The summed E-state index contributed by atoms with van der Waals surface area (Å²) in [5.74, 6) is -0.146. The van der Waals surface area contributed by atoms with Gasteiger partial charge < -0.3 is 14.8 Å². The number of para-hydroxylation sites is 1. The van der Waals surface area contributed by atoms with E-state index in [1.54, 1.807) is 0 Å². The normalized spacial score (nSPS) is 19.2. The molecule has 1 aliphatic heterocycles. The smallest absolute Gasteiger partial charge is 0.336 e. The van der Waals surface area contributed by atoms with Gasteiger partial charge >= 0.3 is 5.97 Å². The fraction of sp³-hybridized carbons (Fsp3) is 0.400. The molecule has 0 saturated carbocycles. The van der Waals surface area contributed by atoms with Gasteiger partial charge in [0.05, 0.1) is 24.7 Å². The van der Waals surface area contributed by atoms with Crippen molar-refractivity contribution in [3.05, 3.63) is 88.3 Å². The molecule has 4 rings (SSSR count). The van der Waals surface area contributed by atoms with E-state index in [-0.39, 0.29) is 17.8 Å². The number of ketones is 1.